The van der Waals surface area contributed by atoms with Crippen LogP contribution in [-0.2, 0) is 10.0 Å². The van der Waals surface area contributed by atoms with Crippen molar-refractivity contribution < 1.29 is 13.2 Å². The van der Waals surface area contributed by atoms with Gasteiger partial charge in [0.05, 0.1) is 11.8 Å². The molecule has 0 aliphatic carbocycles. The van der Waals surface area contributed by atoms with Crippen LogP contribution in [0, 0.1) is 5.92 Å². The first-order valence-corrected chi connectivity index (χ1v) is 11.4. The normalized spacial score (nSPS) is 19.9. The molecular formula is C19H28N4O3S. The summed E-state index contributed by atoms with van der Waals surface area (Å²) in [6.45, 7) is 5.75. The molecule has 0 spiro atoms. The van der Waals surface area contributed by atoms with E-state index >= 15 is 0 Å². The molecule has 1 aliphatic rings. The minimum Gasteiger partial charge on any atom is -0.350 e. The fourth-order valence-electron chi connectivity index (χ4n) is 3.47. The third kappa shape index (κ3) is 4.32. The molecule has 8 heteroatoms. The Balaban J connectivity index is 1.92. The molecule has 148 valence electrons. The van der Waals surface area contributed by atoms with Gasteiger partial charge < -0.3 is 9.72 Å². The highest BCUT2D eigenvalue weighted by molar-refractivity contribution is 7.88. The number of pyridine rings is 1. The highest BCUT2D eigenvalue weighted by Gasteiger charge is 2.30. The number of carbonyl (C=O) groups is 1. The van der Waals surface area contributed by atoms with E-state index in [2.05, 4.69) is 24.1 Å². The minimum atomic E-state index is -3.23. The van der Waals surface area contributed by atoms with Gasteiger partial charge in [-0.15, -0.1) is 0 Å². The quantitative estimate of drug-likeness (QED) is 0.817. The van der Waals surface area contributed by atoms with Gasteiger partial charge in [-0.2, -0.15) is 0 Å². The van der Waals surface area contributed by atoms with Crippen molar-refractivity contribution in [1.82, 2.24) is 19.0 Å². The number of fused-ring (bicyclic) bond motifs is 1. The Morgan fingerprint density at radius 3 is 2.89 bits per heavy atom. The summed E-state index contributed by atoms with van der Waals surface area (Å²) in [6.07, 6.45) is 5.77. The Hall–Kier alpha value is -1.93. The van der Waals surface area contributed by atoms with Gasteiger partial charge in [0.2, 0.25) is 10.0 Å². The number of rotatable bonds is 6. The second-order valence-electron chi connectivity index (χ2n) is 7.46. The highest BCUT2D eigenvalue weighted by atomic mass is 32.2. The summed E-state index contributed by atoms with van der Waals surface area (Å²) in [5.74, 6) is 0.956. The predicted molar refractivity (Wildman–Crippen MR) is 105 cm³/mol. The van der Waals surface area contributed by atoms with Crippen molar-refractivity contribution in [3.8, 4) is 0 Å². The minimum absolute atomic E-state index is 0.0282. The van der Waals surface area contributed by atoms with E-state index in [4.69, 9.17) is 0 Å². The maximum absolute atomic E-state index is 12.7. The first-order chi connectivity index (χ1) is 12.8. The summed E-state index contributed by atoms with van der Waals surface area (Å²) >= 11 is 0. The van der Waals surface area contributed by atoms with E-state index < -0.39 is 10.0 Å². The Morgan fingerprint density at radius 1 is 1.41 bits per heavy atom. The van der Waals surface area contributed by atoms with Crippen molar-refractivity contribution in [3.63, 3.8) is 0 Å². The van der Waals surface area contributed by atoms with Gasteiger partial charge in [0.15, 0.2) is 5.69 Å². The Morgan fingerprint density at radius 2 is 2.19 bits per heavy atom. The van der Waals surface area contributed by atoms with Crippen LogP contribution in [0.15, 0.2) is 24.4 Å². The van der Waals surface area contributed by atoms with Gasteiger partial charge in [0.1, 0.15) is 5.82 Å². The van der Waals surface area contributed by atoms with E-state index in [9.17, 15) is 13.2 Å². The van der Waals surface area contributed by atoms with Crippen LogP contribution in [0.3, 0.4) is 0 Å². The van der Waals surface area contributed by atoms with E-state index in [1.54, 1.807) is 0 Å². The van der Waals surface area contributed by atoms with Gasteiger partial charge in [-0.05, 0) is 30.9 Å². The fourth-order valence-corrected chi connectivity index (χ4v) is 4.38. The number of amides is 1. The molecule has 0 saturated carbocycles. The molecule has 2 aromatic heterocycles. The van der Waals surface area contributed by atoms with Gasteiger partial charge >= 0.3 is 0 Å². The molecule has 1 fully saturated rings. The number of sulfonamides is 1. The maximum Gasteiger partial charge on any atom is 0.272 e. The van der Waals surface area contributed by atoms with Gasteiger partial charge in [0, 0.05) is 31.7 Å². The average molecular weight is 393 g/mol. The standard InChI is InChI=1S/C19H28N4O3S/c1-4-14(2)12-20-19(24)17-16-9-5-6-11-23(16)18(21-17)15-8-7-10-22(13-15)27(3,25)26/h5-6,9,11,14-15H,4,7-8,10,12-13H2,1-3H3,(H,20,24)/t14-,15-/m1/s1. The van der Waals surface area contributed by atoms with Crippen LogP contribution in [0.5, 0.6) is 0 Å². The van der Waals surface area contributed by atoms with E-state index in [1.165, 1.54) is 10.6 Å². The molecule has 0 bridgehead atoms. The number of nitrogens with one attached hydrogen (secondary N) is 1. The van der Waals surface area contributed by atoms with Crippen molar-refractivity contribution in [1.29, 1.82) is 0 Å². The predicted octanol–water partition coefficient (Wildman–Crippen LogP) is 2.25. The Bertz CT molecular complexity index is 922. The topological polar surface area (TPSA) is 83.8 Å². The summed E-state index contributed by atoms with van der Waals surface area (Å²) in [4.78, 5) is 17.4. The number of hydrogen-bond donors (Lipinski definition) is 1. The first-order valence-electron chi connectivity index (χ1n) is 9.51. The van der Waals surface area contributed by atoms with Crippen molar-refractivity contribution in [2.45, 2.75) is 39.0 Å². The summed E-state index contributed by atoms with van der Waals surface area (Å²) < 4.78 is 27.3. The molecule has 0 unspecified atom stereocenters. The van der Waals surface area contributed by atoms with Crippen LogP contribution in [-0.4, -0.2) is 53.9 Å². The SMILES string of the molecule is CC[C@@H](C)CNC(=O)c1nc([C@@H]2CCCN(S(C)(=O)=O)C2)n2ccccc12. The van der Waals surface area contributed by atoms with Crippen LogP contribution in [0.1, 0.15) is 55.3 Å². The van der Waals surface area contributed by atoms with Crippen LogP contribution in [0.2, 0.25) is 0 Å². The zero-order valence-corrected chi connectivity index (χ0v) is 17.0. The molecule has 7 nitrogen and oxygen atoms in total. The summed E-state index contributed by atoms with van der Waals surface area (Å²) in [6, 6.07) is 5.66. The zero-order valence-electron chi connectivity index (χ0n) is 16.2. The molecule has 1 N–H and O–H groups in total. The summed E-state index contributed by atoms with van der Waals surface area (Å²) in [5, 5.41) is 2.97. The molecule has 0 radical (unpaired) electrons. The molecule has 2 aromatic rings. The number of piperidine rings is 1. The lowest BCUT2D eigenvalue weighted by atomic mass is 9.99. The Labute approximate surface area is 160 Å². The van der Waals surface area contributed by atoms with Gasteiger partial charge in [-0.3, -0.25) is 4.79 Å². The van der Waals surface area contributed by atoms with Gasteiger partial charge in [0.25, 0.3) is 5.91 Å². The molecule has 27 heavy (non-hydrogen) atoms. The molecule has 1 amide bonds. The van der Waals surface area contributed by atoms with Crippen LogP contribution in [0.25, 0.3) is 5.52 Å². The van der Waals surface area contributed by atoms with E-state index in [-0.39, 0.29) is 11.8 Å². The van der Waals surface area contributed by atoms with E-state index in [0.29, 0.717) is 31.2 Å². The van der Waals surface area contributed by atoms with E-state index in [1.807, 2.05) is 28.8 Å². The number of nitrogens with zero attached hydrogens (tertiary/aromatic N) is 3. The zero-order chi connectivity index (χ0) is 19.6. The lowest BCUT2D eigenvalue weighted by Gasteiger charge is -2.30. The summed E-state index contributed by atoms with van der Waals surface area (Å²) in [7, 11) is -3.23. The van der Waals surface area contributed by atoms with Crippen molar-refractivity contribution in [3.05, 3.63) is 35.9 Å². The molecular weight excluding hydrogens is 364 g/mol. The van der Waals surface area contributed by atoms with E-state index in [0.717, 1.165) is 30.6 Å². The van der Waals surface area contributed by atoms with Gasteiger partial charge in [-0.25, -0.2) is 17.7 Å². The Kier molecular flexibility index (Phi) is 5.86. The summed E-state index contributed by atoms with van der Waals surface area (Å²) in [5.41, 5.74) is 1.16. The van der Waals surface area contributed by atoms with Crippen LogP contribution < -0.4 is 5.32 Å². The molecule has 1 aliphatic heterocycles. The lowest BCUT2D eigenvalue weighted by Crippen LogP contribution is -2.38. The maximum atomic E-state index is 12.7. The number of carbonyl (C=O) groups excluding carboxylic acids is 1. The smallest absolute Gasteiger partial charge is 0.272 e. The monoisotopic (exact) mass is 392 g/mol. The van der Waals surface area contributed by atoms with Crippen molar-refractivity contribution in [2.24, 2.45) is 5.92 Å². The number of imidazole rings is 1. The lowest BCUT2D eigenvalue weighted by molar-refractivity contribution is 0.0944. The fraction of sp³-hybridized carbons (Fsp3) is 0.579. The van der Waals surface area contributed by atoms with Gasteiger partial charge in [-0.1, -0.05) is 26.3 Å². The second-order valence-corrected chi connectivity index (χ2v) is 9.44. The third-order valence-electron chi connectivity index (χ3n) is 5.32. The highest BCUT2D eigenvalue weighted by Crippen LogP contribution is 2.29. The van der Waals surface area contributed by atoms with Crippen LogP contribution >= 0.6 is 0 Å². The third-order valence-corrected chi connectivity index (χ3v) is 6.59. The molecule has 3 rings (SSSR count). The molecule has 2 atom stereocenters. The first kappa shape index (κ1) is 19.8. The number of aromatic nitrogens is 2. The molecule has 3 heterocycles. The van der Waals surface area contributed by atoms with Crippen LogP contribution in [0.4, 0.5) is 0 Å². The molecule has 1 saturated heterocycles. The van der Waals surface area contributed by atoms with Crippen molar-refractivity contribution >= 4 is 21.4 Å². The second kappa shape index (κ2) is 7.98. The molecule has 0 aromatic carbocycles. The average Bonchev–Trinajstić information content (AvgIpc) is 3.05. The largest absolute Gasteiger partial charge is 0.350 e. The number of hydrogen-bond acceptors (Lipinski definition) is 4. The van der Waals surface area contributed by atoms with Crippen molar-refractivity contribution in [2.75, 3.05) is 25.9 Å².